The second-order valence-corrected chi connectivity index (χ2v) is 9.02. The molecule has 1 amide bonds. The molecule has 5 rings (SSSR count). The van der Waals surface area contributed by atoms with Crippen LogP contribution in [0.3, 0.4) is 0 Å². The quantitative estimate of drug-likeness (QED) is 0.440. The fourth-order valence-corrected chi connectivity index (χ4v) is 5.09. The molecule has 0 saturated carbocycles. The summed E-state index contributed by atoms with van der Waals surface area (Å²) < 4.78 is 3.27. The van der Waals surface area contributed by atoms with Crippen LogP contribution in [0, 0.1) is 0 Å². The molecular formula is C23H20ClN5O2S. The van der Waals surface area contributed by atoms with Crippen LogP contribution in [0.25, 0.3) is 16.7 Å². The van der Waals surface area contributed by atoms with Crippen molar-refractivity contribution in [3.8, 4) is 5.69 Å². The van der Waals surface area contributed by atoms with Gasteiger partial charge in [0, 0.05) is 23.7 Å². The SMILES string of the molecule is O=C(CC1CSc2nc3c(cnn3-c3ccc(Cl)cc3)c(=O)n21)NCCc1ccccc1. The Morgan fingerprint density at radius 3 is 2.72 bits per heavy atom. The lowest BCUT2D eigenvalue weighted by Gasteiger charge is -2.13. The average Bonchev–Trinajstić information content (AvgIpc) is 3.40. The molecule has 9 heteroatoms. The van der Waals surface area contributed by atoms with Gasteiger partial charge in [-0.2, -0.15) is 5.10 Å². The molecule has 0 saturated heterocycles. The number of thioether (sulfide) groups is 1. The molecule has 1 atom stereocenters. The molecule has 1 aliphatic heterocycles. The van der Waals surface area contributed by atoms with Crippen LogP contribution >= 0.6 is 23.4 Å². The molecule has 1 unspecified atom stereocenters. The summed E-state index contributed by atoms with van der Waals surface area (Å²) in [6.07, 6.45) is 2.55. The standard InChI is InChI=1S/C23H20ClN5O2S/c24-16-6-8-17(9-7-16)29-21-19(13-26-29)22(31)28-18(14-32-23(28)27-21)12-20(30)25-11-10-15-4-2-1-3-5-15/h1-9,13,18H,10-12,14H2,(H,25,30). The lowest BCUT2D eigenvalue weighted by molar-refractivity contribution is -0.121. The van der Waals surface area contributed by atoms with Crippen molar-refractivity contribution >= 4 is 40.3 Å². The van der Waals surface area contributed by atoms with E-state index in [-0.39, 0.29) is 23.9 Å². The van der Waals surface area contributed by atoms with Crippen LogP contribution in [-0.2, 0) is 11.2 Å². The zero-order chi connectivity index (χ0) is 22.1. The molecule has 1 aliphatic rings. The minimum absolute atomic E-state index is 0.0664. The topological polar surface area (TPSA) is 81.8 Å². The van der Waals surface area contributed by atoms with Crippen molar-refractivity contribution in [1.29, 1.82) is 0 Å². The minimum Gasteiger partial charge on any atom is -0.356 e. The van der Waals surface area contributed by atoms with E-state index in [0.717, 1.165) is 12.1 Å². The summed E-state index contributed by atoms with van der Waals surface area (Å²) in [5, 5.41) is 8.99. The maximum absolute atomic E-state index is 13.2. The summed E-state index contributed by atoms with van der Waals surface area (Å²) >= 11 is 7.47. The third kappa shape index (κ3) is 4.03. The van der Waals surface area contributed by atoms with Crippen LogP contribution in [0.4, 0.5) is 0 Å². The Morgan fingerprint density at radius 1 is 1.16 bits per heavy atom. The zero-order valence-electron chi connectivity index (χ0n) is 17.1. The van der Waals surface area contributed by atoms with E-state index in [1.807, 2.05) is 42.5 Å². The number of nitrogens with one attached hydrogen (secondary N) is 1. The highest BCUT2D eigenvalue weighted by Crippen LogP contribution is 2.33. The number of fused-ring (bicyclic) bond motifs is 2. The van der Waals surface area contributed by atoms with Gasteiger partial charge in [-0.1, -0.05) is 53.7 Å². The van der Waals surface area contributed by atoms with Crippen LogP contribution in [0.5, 0.6) is 0 Å². The van der Waals surface area contributed by atoms with E-state index in [2.05, 4.69) is 10.4 Å². The van der Waals surface area contributed by atoms with E-state index in [4.69, 9.17) is 16.6 Å². The molecule has 3 heterocycles. The predicted molar refractivity (Wildman–Crippen MR) is 126 cm³/mol. The fraction of sp³-hybridized carbons (Fsp3) is 0.217. The van der Waals surface area contributed by atoms with Crippen molar-refractivity contribution in [2.24, 2.45) is 0 Å². The molecule has 2 aromatic heterocycles. The summed E-state index contributed by atoms with van der Waals surface area (Å²) in [5.41, 5.74) is 2.29. The Morgan fingerprint density at radius 2 is 1.94 bits per heavy atom. The predicted octanol–water partition coefficient (Wildman–Crippen LogP) is 3.63. The molecule has 0 radical (unpaired) electrons. The molecule has 32 heavy (non-hydrogen) atoms. The van der Waals surface area contributed by atoms with Gasteiger partial charge in [0.2, 0.25) is 5.91 Å². The molecule has 1 N–H and O–H groups in total. The van der Waals surface area contributed by atoms with E-state index < -0.39 is 0 Å². The normalized spacial score (nSPS) is 15.1. The molecule has 4 aromatic rings. The first-order valence-electron chi connectivity index (χ1n) is 10.3. The van der Waals surface area contributed by atoms with Gasteiger partial charge in [-0.05, 0) is 36.2 Å². The lowest BCUT2D eigenvalue weighted by atomic mass is 10.1. The lowest BCUT2D eigenvalue weighted by Crippen LogP contribution is -2.31. The first-order chi connectivity index (χ1) is 15.6. The van der Waals surface area contributed by atoms with Crippen molar-refractivity contribution in [2.75, 3.05) is 12.3 Å². The Labute approximate surface area is 193 Å². The Bertz CT molecular complexity index is 1330. The molecule has 2 aromatic carbocycles. The van der Waals surface area contributed by atoms with Crippen LogP contribution in [0.15, 0.2) is 70.7 Å². The highest BCUT2D eigenvalue weighted by Gasteiger charge is 2.29. The van der Waals surface area contributed by atoms with Crippen molar-refractivity contribution in [3.63, 3.8) is 0 Å². The molecule has 0 fully saturated rings. The van der Waals surface area contributed by atoms with Crippen LogP contribution in [-0.4, -0.2) is 37.5 Å². The van der Waals surface area contributed by atoms with Gasteiger partial charge in [-0.25, -0.2) is 9.67 Å². The van der Waals surface area contributed by atoms with Gasteiger partial charge < -0.3 is 5.32 Å². The number of carbonyl (C=O) groups is 1. The molecule has 0 spiro atoms. The number of benzene rings is 2. The number of amides is 1. The Balaban J connectivity index is 1.33. The number of carbonyl (C=O) groups excluding carboxylic acids is 1. The van der Waals surface area contributed by atoms with Gasteiger partial charge in [-0.15, -0.1) is 0 Å². The zero-order valence-corrected chi connectivity index (χ0v) is 18.6. The first kappa shape index (κ1) is 20.8. The second kappa shape index (κ2) is 8.80. The van der Waals surface area contributed by atoms with E-state index in [9.17, 15) is 9.59 Å². The summed E-state index contributed by atoms with van der Waals surface area (Å²) in [4.78, 5) is 30.4. The smallest absolute Gasteiger partial charge is 0.265 e. The number of aromatic nitrogens is 4. The molecule has 7 nitrogen and oxygen atoms in total. The van der Waals surface area contributed by atoms with Gasteiger partial charge in [0.15, 0.2) is 10.8 Å². The number of halogens is 1. The third-order valence-corrected chi connectivity index (χ3v) is 6.79. The van der Waals surface area contributed by atoms with Crippen LogP contribution < -0.4 is 10.9 Å². The summed E-state index contributed by atoms with van der Waals surface area (Å²) in [6.45, 7) is 0.565. The number of nitrogens with zero attached hydrogens (tertiary/aromatic N) is 4. The number of hydrogen-bond acceptors (Lipinski definition) is 5. The van der Waals surface area contributed by atoms with Crippen molar-refractivity contribution in [3.05, 3.63) is 81.7 Å². The van der Waals surface area contributed by atoms with Crippen molar-refractivity contribution in [1.82, 2.24) is 24.6 Å². The Kier molecular flexibility index (Phi) is 5.71. The molecule has 0 aliphatic carbocycles. The maximum Gasteiger partial charge on any atom is 0.265 e. The molecular weight excluding hydrogens is 446 g/mol. The summed E-state index contributed by atoms with van der Waals surface area (Å²) in [6, 6.07) is 17.0. The van der Waals surface area contributed by atoms with Gasteiger partial charge in [0.25, 0.3) is 5.56 Å². The fourth-order valence-electron chi connectivity index (χ4n) is 3.83. The molecule has 0 bridgehead atoms. The second-order valence-electron chi connectivity index (χ2n) is 7.59. The maximum atomic E-state index is 13.2. The van der Waals surface area contributed by atoms with Gasteiger partial charge in [0.1, 0.15) is 5.39 Å². The van der Waals surface area contributed by atoms with E-state index >= 15 is 0 Å². The Hall–Kier alpha value is -3.10. The first-order valence-corrected chi connectivity index (χ1v) is 11.7. The average molecular weight is 466 g/mol. The highest BCUT2D eigenvalue weighted by molar-refractivity contribution is 7.99. The highest BCUT2D eigenvalue weighted by atomic mass is 35.5. The minimum atomic E-state index is -0.227. The number of hydrogen-bond donors (Lipinski definition) is 1. The van der Waals surface area contributed by atoms with E-state index in [0.29, 0.717) is 33.5 Å². The summed E-state index contributed by atoms with van der Waals surface area (Å²) in [5.74, 6) is 0.568. The van der Waals surface area contributed by atoms with Gasteiger partial charge in [0.05, 0.1) is 17.9 Å². The van der Waals surface area contributed by atoms with E-state index in [1.165, 1.54) is 23.5 Å². The van der Waals surface area contributed by atoms with Crippen LogP contribution in [0.1, 0.15) is 18.0 Å². The van der Waals surface area contributed by atoms with Crippen molar-refractivity contribution in [2.45, 2.75) is 24.0 Å². The van der Waals surface area contributed by atoms with E-state index in [1.54, 1.807) is 21.4 Å². The van der Waals surface area contributed by atoms with Crippen LogP contribution in [0.2, 0.25) is 5.02 Å². The van der Waals surface area contributed by atoms with Gasteiger partial charge in [-0.3, -0.25) is 14.2 Å². The summed E-state index contributed by atoms with van der Waals surface area (Å²) in [7, 11) is 0. The monoisotopic (exact) mass is 465 g/mol. The number of rotatable bonds is 6. The largest absolute Gasteiger partial charge is 0.356 e. The van der Waals surface area contributed by atoms with Gasteiger partial charge >= 0.3 is 0 Å². The molecule has 162 valence electrons. The van der Waals surface area contributed by atoms with Crippen molar-refractivity contribution < 1.29 is 4.79 Å². The third-order valence-electron chi connectivity index (χ3n) is 5.44.